The first-order valence-corrected chi connectivity index (χ1v) is 8.83. The van der Waals surface area contributed by atoms with Crippen molar-refractivity contribution in [1.29, 1.82) is 0 Å². The number of aromatic amines is 1. The van der Waals surface area contributed by atoms with Crippen LogP contribution in [-0.4, -0.2) is 31.1 Å². The Morgan fingerprint density at radius 2 is 2.00 bits per heavy atom. The maximum Gasteiger partial charge on any atom is 0.255 e. The summed E-state index contributed by atoms with van der Waals surface area (Å²) < 4.78 is 1.48. The average molecular weight is 374 g/mol. The average Bonchev–Trinajstić information content (AvgIpc) is 3.22. The molecule has 0 spiro atoms. The van der Waals surface area contributed by atoms with Gasteiger partial charge in [-0.1, -0.05) is 26.0 Å². The van der Waals surface area contributed by atoms with Gasteiger partial charge in [0.1, 0.15) is 6.33 Å². The van der Waals surface area contributed by atoms with E-state index in [1.54, 1.807) is 36.4 Å². The number of carbonyl (C=O) groups is 1. The minimum Gasteiger partial charge on any atom is -0.322 e. The van der Waals surface area contributed by atoms with Crippen molar-refractivity contribution in [2.45, 2.75) is 19.8 Å². The van der Waals surface area contributed by atoms with E-state index in [-0.39, 0.29) is 17.4 Å². The third-order valence-electron chi connectivity index (χ3n) is 4.48. The first-order valence-electron chi connectivity index (χ1n) is 8.83. The fourth-order valence-electron chi connectivity index (χ4n) is 3.12. The molecular formula is C20H18N6O2. The number of carbonyl (C=O) groups excluding carboxylic acids is 1. The molecule has 0 saturated heterocycles. The van der Waals surface area contributed by atoms with Crippen molar-refractivity contribution >= 4 is 22.5 Å². The predicted octanol–water partition coefficient (Wildman–Crippen LogP) is 2.88. The van der Waals surface area contributed by atoms with Crippen molar-refractivity contribution in [2.24, 2.45) is 0 Å². The number of pyridine rings is 1. The third kappa shape index (κ3) is 3.39. The smallest absolute Gasteiger partial charge is 0.255 e. The lowest BCUT2D eigenvalue weighted by Crippen LogP contribution is -2.13. The van der Waals surface area contributed by atoms with Crippen LogP contribution in [-0.2, 0) is 0 Å². The molecular weight excluding hydrogens is 356 g/mol. The lowest BCUT2D eigenvalue weighted by molar-refractivity contribution is 0.102. The summed E-state index contributed by atoms with van der Waals surface area (Å²) in [6, 6.07) is 14.1. The molecule has 4 rings (SSSR count). The quantitative estimate of drug-likeness (QED) is 0.571. The van der Waals surface area contributed by atoms with Crippen molar-refractivity contribution in [3.63, 3.8) is 0 Å². The molecule has 0 aliphatic rings. The molecule has 8 nitrogen and oxygen atoms in total. The van der Waals surface area contributed by atoms with Gasteiger partial charge in [-0.3, -0.25) is 9.59 Å². The predicted molar refractivity (Wildman–Crippen MR) is 106 cm³/mol. The summed E-state index contributed by atoms with van der Waals surface area (Å²) >= 11 is 0. The van der Waals surface area contributed by atoms with Crippen molar-refractivity contribution < 1.29 is 4.79 Å². The van der Waals surface area contributed by atoms with Crippen LogP contribution in [0.25, 0.3) is 16.6 Å². The van der Waals surface area contributed by atoms with Gasteiger partial charge >= 0.3 is 0 Å². The Kier molecular flexibility index (Phi) is 4.44. The molecule has 1 amide bonds. The second-order valence-electron chi connectivity index (χ2n) is 6.76. The molecule has 0 bridgehead atoms. The maximum absolute atomic E-state index is 12.7. The van der Waals surface area contributed by atoms with Crippen LogP contribution >= 0.6 is 0 Å². The molecule has 0 unspecified atom stereocenters. The number of nitrogens with one attached hydrogen (secondary N) is 2. The summed E-state index contributed by atoms with van der Waals surface area (Å²) in [6.45, 7) is 4.09. The second kappa shape index (κ2) is 7.07. The number of nitrogens with zero attached hydrogens (tertiary/aromatic N) is 4. The van der Waals surface area contributed by atoms with Crippen LogP contribution in [0.2, 0.25) is 0 Å². The molecule has 28 heavy (non-hydrogen) atoms. The zero-order chi connectivity index (χ0) is 19.7. The summed E-state index contributed by atoms with van der Waals surface area (Å²) in [5, 5.41) is 14.9. The number of anilines is 1. The summed E-state index contributed by atoms with van der Waals surface area (Å²) in [7, 11) is 0. The fourth-order valence-corrected chi connectivity index (χ4v) is 3.12. The third-order valence-corrected chi connectivity index (χ3v) is 4.48. The molecule has 2 N–H and O–H groups in total. The Morgan fingerprint density at radius 1 is 1.14 bits per heavy atom. The Balaban J connectivity index is 1.64. The number of hydrogen-bond donors (Lipinski definition) is 2. The summed E-state index contributed by atoms with van der Waals surface area (Å²) in [6.07, 6.45) is 1.46. The molecule has 0 saturated carbocycles. The topological polar surface area (TPSA) is 106 Å². The highest BCUT2D eigenvalue weighted by atomic mass is 16.1. The summed E-state index contributed by atoms with van der Waals surface area (Å²) in [5.41, 5.74) is 3.26. The number of rotatable bonds is 4. The number of benzene rings is 2. The van der Waals surface area contributed by atoms with Crippen LogP contribution < -0.4 is 10.9 Å². The number of fused-ring (bicyclic) bond motifs is 1. The van der Waals surface area contributed by atoms with E-state index >= 15 is 0 Å². The van der Waals surface area contributed by atoms with E-state index in [0.29, 0.717) is 22.5 Å². The Hall–Kier alpha value is -3.81. The van der Waals surface area contributed by atoms with E-state index < -0.39 is 0 Å². The van der Waals surface area contributed by atoms with Gasteiger partial charge in [-0.15, -0.1) is 5.10 Å². The number of aromatic nitrogens is 5. The lowest BCUT2D eigenvalue weighted by atomic mass is 9.99. The van der Waals surface area contributed by atoms with Crippen molar-refractivity contribution in [3.05, 3.63) is 76.3 Å². The monoisotopic (exact) mass is 374 g/mol. The van der Waals surface area contributed by atoms with Gasteiger partial charge in [0.15, 0.2) is 0 Å². The molecule has 2 heterocycles. The number of tetrazole rings is 1. The van der Waals surface area contributed by atoms with E-state index in [0.717, 1.165) is 10.9 Å². The lowest BCUT2D eigenvalue weighted by Gasteiger charge is -2.11. The van der Waals surface area contributed by atoms with Gasteiger partial charge in [0, 0.05) is 22.7 Å². The Morgan fingerprint density at radius 3 is 2.75 bits per heavy atom. The van der Waals surface area contributed by atoms with E-state index in [1.165, 1.54) is 11.0 Å². The van der Waals surface area contributed by atoms with E-state index in [9.17, 15) is 9.59 Å². The largest absolute Gasteiger partial charge is 0.322 e. The van der Waals surface area contributed by atoms with Crippen LogP contribution in [0.5, 0.6) is 0 Å². The zero-order valence-electron chi connectivity index (χ0n) is 15.4. The van der Waals surface area contributed by atoms with E-state index in [1.807, 2.05) is 26.0 Å². The zero-order valence-corrected chi connectivity index (χ0v) is 15.4. The molecule has 140 valence electrons. The molecule has 2 aromatic carbocycles. The Labute approximate surface area is 160 Å². The van der Waals surface area contributed by atoms with Gasteiger partial charge in [-0.25, -0.2) is 4.68 Å². The molecule has 8 heteroatoms. The molecule has 0 atom stereocenters. The minimum atomic E-state index is -0.267. The van der Waals surface area contributed by atoms with Gasteiger partial charge in [-0.2, -0.15) is 0 Å². The number of amides is 1. The van der Waals surface area contributed by atoms with Gasteiger partial charge in [0.25, 0.3) is 5.91 Å². The molecule has 4 aromatic rings. The molecule has 0 aliphatic heterocycles. The standard InChI is InChI=1S/C20H18N6O2/c1-12(2)17-10-19(27)23-18-9-14(6-7-16(17)18)22-20(28)13-4-3-5-15(8-13)26-11-21-24-25-26/h3-12H,1-2H3,(H,22,28)(H,23,27). The van der Waals surface area contributed by atoms with Crippen molar-refractivity contribution in [3.8, 4) is 5.69 Å². The highest BCUT2D eigenvalue weighted by Crippen LogP contribution is 2.25. The van der Waals surface area contributed by atoms with Crippen molar-refractivity contribution in [2.75, 3.05) is 5.32 Å². The van der Waals surface area contributed by atoms with Crippen molar-refractivity contribution in [1.82, 2.24) is 25.2 Å². The van der Waals surface area contributed by atoms with E-state index in [4.69, 9.17) is 0 Å². The van der Waals surface area contributed by atoms with Gasteiger partial charge in [0.05, 0.1) is 11.2 Å². The summed E-state index contributed by atoms with van der Waals surface area (Å²) in [5.74, 6) is -0.0455. The molecule has 0 fully saturated rings. The minimum absolute atomic E-state index is 0.159. The number of H-pyrrole nitrogens is 1. The highest BCUT2D eigenvalue weighted by molar-refractivity contribution is 6.05. The van der Waals surface area contributed by atoms with E-state index in [2.05, 4.69) is 25.8 Å². The first kappa shape index (κ1) is 17.6. The van der Waals surface area contributed by atoms with Gasteiger partial charge in [0.2, 0.25) is 5.56 Å². The van der Waals surface area contributed by atoms with Crippen LogP contribution in [0.15, 0.2) is 59.7 Å². The SMILES string of the molecule is CC(C)c1cc(=O)[nH]c2cc(NC(=O)c3cccc(-n4cnnn4)c3)ccc12. The van der Waals surface area contributed by atoms with Gasteiger partial charge in [-0.05, 0) is 52.2 Å². The first-order chi connectivity index (χ1) is 13.5. The van der Waals surface area contributed by atoms with Gasteiger partial charge < -0.3 is 10.3 Å². The molecule has 2 aromatic heterocycles. The second-order valence-corrected chi connectivity index (χ2v) is 6.76. The fraction of sp³-hybridized carbons (Fsp3) is 0.150. The molecule has 0 radical (unpaired) electrons. The van der Waals surface area contributed by atoms with Crippen LogP contribution in [0.4, 0.5) is 5.69 Å². The van der Waals surface area contributed by atoms with Crippen LogP contribution in [0.1, 0.15) is 35.7 Å². The Bertz CT molecular complexity index is 1210. The van der Waals surface area contributed by atoms with Crippen LogP contribution in [0, 0.1) is 0 Å². The highest BCUT2D eigenvalue weighted by Gasteiger charge is 2.11. The molecule has 0 aliphatic carbocycles. The maximum atomic E-state index is 12.7. The normalized spacial score (nSPS) is 11.1. The number of hydrogen-bond acceptors (Lipinski definition) is 5. The van der Waals surface area contributed by atoms with Crippen LogP contribution in [0.3, 0.4) is 0 Å². The summed E-state index contributed by atoms with van der Waals surface area (Å²) in [4.78, 5) is 27.5.